The second-order valence-electron chi connectivity index (χ2n) is 4.74. The van der Waals surface area contributed by atoms with Gasteiger partial charge in [-0.05, 0) is 6.04 Å². The van der Waals surface area contributed by atoms with Gasteiger partial charge in [-0.2, -0.15) is 0 Å². The number of hydrogen-bond donors (Lipinski definition) is 6. The summed E-state index contributed by atoms with van der Waals surface area (Å²) in [5, 5.41) is 48.5. The van der Waals surface area contributed by atoms with E-state index in [0.717, 1.165) is 0 Å². The van der Waals surface area contributed by atoms with Gasteiger partial charge < -0.3 is 48.7 Å². The average molecular weight is 408 g/mol. The maximum atomic E-state index is 11.4. The number of aliphatic hydroxyl groups excluding tert-OH is 4. The summed E-state index contributed by atoms with van der Waals surface area (Å²) < 4.78 is 4.78. The molecule has 0 aliphatic rings. The van der Waals surface area contributed by atoms with Crippen LogP contribution in [-0.2, 0) is 14.3 Å². The van der Waals surface area contributed by atoms with Crippen molar-refractivity contribution in [1.29, 1.82) is 0 Å². The molecule has 0 saturated heterocycles. The van der Waals surface area contributed by atoms with Crippen LogP contribution in [0.2, 0.25) is 0 Å². The molecule has 1 amide bonds. The van der Waals surface area contributed by atoms with Crippen molar-refractivity contribution in [2.45, 2.75) is 57.1 Å². The Morgan fingerprint density at radius 1 is 1.15 bits per heavy atom. The maximum Gasteiger partial charge on any atom is 1.00 e. The number of hydrogen-bond acceptors (Lipinski definition) is 7. The van der Waals surface area contributed by atoms with Gasteiger partial charge in [-0.3, -0.25) is 9.59 Å². The molecule has 0 saturated carbocycles. The minimum atomic E-state index is -1.55. The molecule has 7 N–H and O–H groups in total. The SMILES string of the molecule is CC.COC(C(O)CO)C(O)C(O)CNC(=O)CCC([NH-])C(=O)O.[CH3-].[K+]. The van der Waals surface area contributed by atoms with Gasteiger partial charge in [-0.15, -0.1) is 0 Å². The Bertz CT molecular complexity index is 363. The van der Waals surface area contributed by atoms with Crippen molar-refractivity contribution in [2.75, 3.05) is 20.3 Å². The number of carboxylic acid groups (broad SMARTS) is 1. The fraction of sp³-hybridized carbons (Fsp3) is 0.800. The summed E-state index contributed by atoms with van der Waals surface area (Å²) in [6.45, 7) is 2.97. The first-order valence-electron chi connectivity index (χ1n) is 7.63. The van der Waals surface area contributed by atoms with Crippen molar-refractivity contribution in [3.63, 3.8) is 0 Å². The molecule has 0 aromatic carbocycles. The molecular weight excluding hydrogens is 375 g/mol. The molecule has 0 aliphatic carbocycles. The Morgan fingerprint density at radius 3 is 2.04 bits per heavy atom. The summed E-state index contributed by atoms with van der Waals surface area (Å²) in [5.41, 5.74) is 7.12. The van der Waals surface area contributed by atoms with Gasteiger partial charge in [-0.1, -0.05) is 20.3 Å². The summed E-state index contributed by atoms with van der Waals surface area (Å²) in [4.78, 5) is 21.8. The van der Waals surface area contributed by atoms with E-state index < -0.39 is 48.9 Å². The van der Waals surface area contributed by atoms with Crippen molar-refractivity contribution in [3.8, 4) is 0 Å². The summed E-state index contributed by atoms with van der Waals surface area (Å²) in [5.74, 6) is -1.91. The van der Waals surface area contributed by atoms with Gasteiger partial charge in [0.15, 0.2) is 0 Å². The van der Waals surface area contributed by atoms with Crippen molar-refractivity contribution < 1.29 is 91.2 Å². The molecule has 10 nitrogen and oxygen atoms in total. The molecule has 11 heteroatoms. The van der Waals surface area contributed by atoms with Gasteiger partial charge in [0.05, 0.1) is 12.7 Å². The van der Waals surface area contributed by atoms with Gasteiger partial charge in [0.1, 0.15) is 18.3 Å². The third kappa shape index (κ3) is 14.4. The summed E-state index contributed by atoms with van der Waals surface area (Å²) in [7, 11) is 1.18. The van der Waals surface area contributed by atoms with E-state index in [-0.39, 0.29) is 78.2 Å². The third-order valence-corrected chi connectivity index (χ3v) is 3.04. The Morgan fingerprint density at radius 2 is 1.65 bits per heavy atom. The Kier molecular flexibility index (Phi) is 26.2. The monoisotopic (exact) mass is 407 g/mol. The molecular formula is C15H32KN2O8-. The van der Waals surface area contributed by atoms with Crippen LogP contribution in [0.3, 0.4) is 0 Å². The van der Waals surface area contributed by atoms with E-state index in [1.165, 1.54) is 7.11 Å². The van der Waals surface area contributed by atoms with Crippen LogP contribution in [0.4, 0.5) is 0 Å². The van der Waals surface area contributed by atoms with Crippen LogP contribution >= 0.6 is 0 Å². The molecule has 0 fully saturated rings. The van der Waals surface area contributed by atoms with E-state index in [1.807, 2.05) is 13.8 Å². The number of carbonyl (C=O) groups is 2. The van der Waals surface area contributed by atoms with E-state index in [9.17, 15) is 24.9 Å². The zero-order chi connectivity index (χ0) is 19.3. The largest absolute Gasteiger partial charge is 1.00 e. The average Bonchev–Trinajstić information content (AvgIpc) is 2.59. The second kappa shape index (κ2) is 20.1. The predicted octanol–water partition coefficient (Wildman–Crippen LogP) is -4.04. The smallest absolute Gasteiger partial charge is 0.665 e. The first-order valence-corrected chi connectivity index (χ1v) is 7.63. The number of amides is 1. The number of ether oxygens (including phenoxy) is 1. The molecule has 0 rings (SSSR count). The van der Waals surface area contributed by atoms with Crippen molar-refractivity contribution in [1.82, 2.24) is 5.32 Å². The number of nitrogens with one attached hydrogen (secondary N) is 2. The van der Waals surface area contributed by atoms with Crippen LogP contribution in [-0.4, -0.2) is 88.1 Å². The molecule has 26 heavy (non-hydrogen) atoms. The van der Waals surface area contributed by atoms with E-state index in [4.69, 9.17) is 20.7 Å². The summed E-state index contributed by atoms with van der Waals surface area (Å²) >= 11 is 0. The fourth-order valence-corrected chi connectivity index (χ4v) is 1.67. The van der Waals surface area contributed by atoms with Gasteiger partial charge >= 0.3 is 51.4 Å². The molecule has 5 atom stereocenters. The number of carbonyl (C=O) groups excluding carboxylic acids is 1. The summed E-state index contributed by atoms with van der Waals surface area (Å²) in [6.07, 6.45) is -6.02. The number of rotatable bonds is 11. The van der Waals surface area contributed by atoms with Gasteiger partial charge in [0, 0.05) is 20.1 Å². The molecule has 0 heterocycles. The van der Waals surface area contributed by atoms with Crippen LogP contribution in [0.15, 0.2) is 0 Å². The van der Waals surface area contributed by atoms with Crippen molar-refractivity contribution >= 4 is 11.9 Å². The second-order valence-corrected chi connectivity index (χ2v) is 4.74. The summed E-state index contributed by atoms with van der Waals surface area (Å²) in [6, 6.07) is -1.40. The Labute approximate surface area is 197 Å². The maximum absolute atomic E-state index is 11.4. The number of carboxylic acids is 1. The quantitative estimate of drug-likeness (QED) is 0.148. The molecule has 0 spiro atoms. The van der Waals surface area contributed by atoms with Crippen LogP contribution in [0.1, 0.15) is 26.7 Å². The van der Waals surface area contributed by atoms with Crippen LogP contribution < -0.4 is 56.7 Å². The Hall–Kier alpha value is 0.336. The van der Waals surface area contributed by atoms with Crippen LogP contribution in [0.5, 0.6) is 0 Å². The van der Waals surface area contributed by atoms with Crippen molar-refractivity contribution in [3.05, 3.63) is 13.2 Å². The fourth-order valence-electron chi connectivity index (χ4n) is 1.67. The predicted molar refractivity (Wildman–Crippen MR) is 91.7 cm³/mol. The van der Waals surface area contributed by atoms with Crippen LogP contribution in [0.25, 0.3) is 5.73 Å². The van der Waals surface area contributed by atoms with E-state index in [1.54, 1.807) is 0 Å². The molecule has 0 aromatic rings. The van der Waals surface area contributed by atoms with Crippen LogP contribution in [0, 0.1) is 7.43 Å². The number of aliphatic hydroxyl groups is 4. The molecule has 5 unspecified atom stereocenters. The van der Waals surface area contributed by atoms with Gasteiger partial charge in [0.25, 0.3) is 5.97 Å². The van der Waals surface area contributed by atoms with Crippen molar-refractivity contribution in [2.24, 2.45) is 0 Å². The van der Waals surface area contributed by atoms with E-state index in [2.05, 4.69) is 5.32 Å². The van der Waals surface area contributed by atoms with Gasteiger partial charge in [0.2, 0.25) is 5.91 Å². The third-order valence-electron chi connectivity index (χ3n) is 3.04. The first-order chi connectivity index (χ1) is 11.2. The van der Waals surface area contributed by atoms with Gasteiger partial charge in [-0.25, -0.2) is 0 Å². The minimum Gasteiger partial charge on any atom is -0.665 e. The number of methoxy groups -OCH3 is 1. The van der Waals surface area contributed by atoms with E-state index >= 15 is 0 Å². The molecule has 0 radical (unpaired) electrons. The molecule has 0 aliphatic heterocycles. The number of aliphatic carboxylic acids is 1. The zero-order valence-corrected chi connectivity index (χ0v) is 19.3. The molecule has 0 aromatic heterocycles. The minimum absolute atomic E-state index is 0. The first kappa shape index (κ1) is 33.9. The standard InChI is InChI=1S/C12H23N2O8.C2H6.CH3.K/c1-22-11(8(17)5-15)10(19)7(16)4-14-9(18)3-2-6(13)12(20)21;1-2;;/h6-8,10-11,13,15-17,19H,2-5H2,1H3,(H,14,18)(H,20,21);1-2H3;1H3;/q-1;;-1;+1. The zero-order valence-electron chi connectivity index (χ0n) is 16.2. The molecule has 0 bridgehead atoms. The topological polar surface area (TPSA) is 180 Å². The molecule has 152 valence electrons. The normalized spacial score (nSPS) is 15.5. The van der Waals surface area contributed by atoms with E-state index in [0.29, 0.717) is 0 Å². The Balaban J connectivity index is -0.000000582.